The van der Waals surface area contributed by atoms with Crippen molar-refractivity contribution in [2.24, 2.45) is 7.05 Å². The molecule has 0 spiro atoms. The van der Waals surface area contributed by atoms with E-state index in [2.05, 4.69) is 4.98 Å². The molecule has 0 fully saturated rings. The van der Waals surface area contributed by atoms with Gasteiger partial charge in [0.15, 0.2) is 0 Å². The summed E-state index contributed by atoms with van der Waals surface area (Å²) in [7, 11) is 1.97. The van der Waals surface area contributed by atoms with Crippen LogP contribution in [0, 0.1) is 6.92 Å². The van der Waals surface area contributed by atoms with Crippen LogP contribution in [-0.4, -0.2) is 22.1 Å². The number of para-hydroxylation sites is 1. The minimum atomic E-state index is -0.311. The Balaban J connectivity index is 2.45. The molecule has 0 amide bonds. The number of fused-ring (bicyclic) bond motifs is 3. The quantitative estimate of drug-likeness (QED) is 0.670. The second kappa shape index (κ2) is 4.63. The number of nitrogens with zero attached hydrogens (tertiary/aromatic N) is 2. The molecule has 2 heterocycles. The zero-order valence-electron chi connectivity index (χ0n) is 11.8. The molecule has 20 heavy (non-hydrogen) atoms. The van der Waals surface area contributed by atoms with Gasteiger partial charge in [-0.05, 0) is 19.9 Å². The third-order valence-corrected chi connectivity index (χ3v) is 3.61. The van der Waals surface area contributed by atoms with Crippen molar-refractivity contribution in [3.8, 4) is 0 Å². The second-order valence-corrected chi connectivity index (χ2v) is 4.78. The summed E-state index contributed by atoms with van der Waals surface area (Å²) in [6.07, 6.45) is 1.83. The Labute approximate surface area is 117 Å². The van der Waals surface area contributed by atoms with Crippen molar-refractivity contribution < 1.29 is 9.53 Å². The highest BCUT2D eigenvalue weighted by atomic mass is 16.5. The Morgan fingerprint density at radius 1 is 1.30 bits per heavy atom. The number of aryl methyl sites for hydroxylation is 2. The third-order valence-electron chi connectivity index (χ3n) is 3.61. The summed E-state index contributed by atoms with van der Waals surface area (Å²) in [6, 6.07) is 8.07. The summed E-state index contributed by atoms with van der Waals surface area (Å²) in [4.78, 5) is 16.6. The molecular weight excluding hydrogens is 252 g/mol. The van der Waals surface area contributed by atoms with Crippen LogP contribution in [-0.2, 0) is 11.8 Å². The minimum absolute atomic E-state index is 0.311. The van der Waals surface area contributed by atoms with Crippen LogP contribution >= 0.6 is 0 Å². The van der Waals surface area contributed by atoms with E-state index in [9.17, 15) is 4.79 Å². The maximum absolute atomic E-state index is 12.2. The first-order chi connectivity index (χ1) is 9.65. The fourth-order valence-electron chi connectivity index (χ4n) is 2.70. The van der Waals surface area contributed by atoms with Gasteiger partial charge in [-0.3, -0.25) is 4.98 Å². The number of carbonyl (C=O) groups is 1. The Morgan fingerprint density at radius 2 is 2.05 bits per heavy atom. The summed E-state index contributed by atoms with van der Waals surface area (Å²) in [5.41, 5.74) is 3.22. The lowest BCUT2D eigenvalue weighted by atomic mass is 10.1. The molecule has 0 aliphatic carbocycles. The van der Waals surface area contributed by atoms with Crippen LogP contribution in [0.4, 0.5) is 0 Å². The molecule has 0 atom stereocenters. The number of aromatic nitrogens is 2. The Kier molecular flexibility index (Phi) is 2.93. The maximum atomic E-state index is 12.2. The molecule has 4 heteroatoms. The van der Waals surface area contributed by atoms with Gasteiger partial charge in [-0.25, -0.2) is 4.79 Å². The summed E-state index contributed by atoms with van der Waals surface area (Å²) in [5.74, 6) is -0.311. The van der Waals surface area contributed by atoms with Crippen molar-refractivity contribution in [3.63, 3.8) is 0 Å². The molecule has 3 aromatic rings. The van der Waals surface area contributed by atoms with E-state index in [1.54, 1.807) is 0 Å². The van der Waals surface area contributed by atoms with Crippen LogP contribution in [0.2, 0.25) is 0 Å². The second-order valence-electron chi connectivity index (χ2n) is 4.78. The number of hydrogen-bond donors (Lipinski definition) is 0. The third kappa shape index (κ3) is 1.68. The van der Waals surface area contributed by atoms with Gasteiger partial charge in [-0.2, -0.15) is 0 Å². The summed E-state index contributed by atoms with van der Waals surface area (Å²) >= 11 is 0. The van der Waals surface area contributed by atoms with Crippen LogP contribution in [0.5, 0.6) is 0 Å². The molecule has 4 nitrogen and oxygen atoms in total. The topological polar surface area (TPSA) is 44.1 Å². The fourth-order valence-corrected chi connectivity index (χ4v) is 2.70. The summed E-state index contributed by atoms with van der Waals surface area (Å²) in [6.45, 7) is 4.00. The average Bonchev–Trinajstić information content (AvgIpc) is 2.73. The number of esters is 1. The van der Waals surface area contributed by atoms with Gasteiger partial charge in [0, 0.05) is 29.5 Å². The van der Waals surface area contributed by atoms with E-state index in [0.717, 1.165) is 21.8 Å². The predicted molar refractivity (Wildman–Crippen MR) is 78.9 cm³/mol. The Morgan fingerprint density at radius 3 is 2.80 bits per heavy atom. The lowest BCUT2D eigenvalue weighted by Gasteiger charge is -2.08. The van der Waals surface area contributed by atoms with Crippen LogP contribution in [0.25, 0.3) is 21.8 Å². The van der Waals surface area contributed by atoms with Crippen LogP contribution in [0.3, 0.4) is 0 Å². The van der Waals surface area contributed by atoms with Crippen LogP contribution < -0.4 is 0 Å². The molecule has 0 aliphatic rings. The smallest absolute Gasteiger partial charge is 0.342 e. The normalized spacial score (nSPS) is 11.2. The molecule has 0 N–H and O–H groups in total. The van der Waals surface area contributed by atoms with Gasteiger partial charge in [0.2, 0.25) is 0 Å². The molecule has 0 radical (unpaired) electrons. The number of hydrogen-bond acceptors (Lipinski definition) is 3. The van der Waals surface area contributed by atoms with Gasteiger partial charge in [0.05, 0.1) is 17.8 Å². The molecule has 2 aromatic heterocycles. The fraction of sp³-hybridized carbons (Fsp3) is 0.250. The van der Waals surface area contributed by atoms with Crippen molar-refractivity contribution in [1.82, 2.24) is 9.55 Å². The van der Waals surface area contributed by atoms with E-state index in [1.807, 2.05) is 55.9 Å². The standard InChI is InChI=1S/C16H16N2O2/c1-4-20-16(19)14-10(2)17-9-12-11-7-5-6-8-13(11)18(3)15(12)14/h5-9H,4H2,1-3H3. The molecule has 0 saturated heterocycles. The van der Waals surface area contributed by atoms with E-state index in [4.69, 9.17) is 4.74 Å². The monoisotopic (exact) mass is 268 g/mol. The van der Waals surface area contributed by atoms with Gasteiger partial charge in [0.25, 0.3) is 0 Å². The zero-order chi connectivity index (χ0) is 14.3. The first-order valence-corrected chi connectivity index (χ1v) is 6.65. The van der Waals surface area contributed by atoms with Gasteiger partial charge >= 0.3 is 5.97 Å². The van der Waals surface area contributed by atoms with E-state index in [1.165, 1.54) is 0 Å². The highest BCUT2D eigenvalue weighted by molar-refractivity contribution is 6.14. The molecule has 0 aliphatic heterocycles. The van der Waals surface area contributed by atoms with Gasteiger partial charge in [0.1, 0.15) is 5.56 Å². The van der Waals surface area contributed by atoms with Crippen molar-refractivity contribution >= 4 is 27.8 Å². The number of pyridine rings is 1. The van der Waals surface area contributed by atoms with Gasteiger partial charge < -0.3 is 9.30 Å². The predicted octanol–water partition coefficient (Wildman–Crippen LogP) is 3.21. The van der Waals surface area contributed by atoms with Crippen molar-refractivity contribution in [2.45, 2.75) is 13.8 Å². The van der Waals surface area contributed by atoms with E-state index in [-0.39, 0.29) is 5.97 Å². The molecule has 3 rings (SSSR count). The highest BCUT2D eigenvalue weighted by Crippen LogP contribution is 2.31. The van der Waals surface area contributed by atoms with Crippen molar-refractivity contribution in [1.29, 1.82) is 0 Å². The SMILES string of the molecule is CCOC(=O)c1c(C)ncc2c3ccccc3n(C)c12. The van der Waals surface area contributed by atoms with Crippen LogP contribution in [0.15, 0.2) is 30.5 Å². The van der Waals surface area contributed by atoms with E-state index >= 15 is 0 Å². The summed E-state index contributed by atoms with van der Waals surface area (Å²) < 4.78 is 7.21. The first-order valence-electron chi connectivity index (χ1n) is 6.65. The molecule has 0 saturated carbocycles. The molecule has 0 unspecified atom stereocenters. The summed E-state index contributed by atoms with van der Waals surface area (Å²) in [5, 5.41) is 2.08. The number of rotatable bonds is 2. The Hall–Kier alpha value is -2.36. The van der Waals surface area contributed by atoms with E-state index in [0.29, 0.717) is 17.9 Å². The lowest BCUT2D eigenvalue weighted by molar-refractivity contribution is 0.0527. The van der Waals surface area contributed by atoms with Crippen LogP contribution in [0.1, 0.15) is 23.0 Å². The average molecular weight is 268 g/mol. The Bertz CT molecular complexity index is 818. The zero-order valence-corrected chi connectivity index (χ0v) is 11.8. The lowest BCUT2D eigenvalue weighted by Crippen LogP contribution is -2.10. The molecule has 1 aromatic carbocycles. The van der Waals surface area contributed by atoms with Crippen molar-refractivity contribution in [2.75, 3.05) is 6.61 Å². The first kappa shape index (κ1) is 12.7. The number of ether oxygens (including phenoxy) is 1. The highest BCUT2D eigenvalue weighted by Gasteiger charge is 2.20. The van der Waals surface area contributed by atoms with Gasteiger partial charge in [-0.1, -0.05) is 18.2 Å². The number of carbonyl (C=O) groups excluding carboxylic acids is 1. The molecular formula is C16H16N2O2. The van der Waals surface area contributed by atoms with Crippen molar-refractivity contribution in [3.05, 3.63) is 41.7 Å². The minimum Gasteiger partial charge on any atom is -0.462 e. The maximum Gasteiger partial charge on any atom is 0.342 e. The largest absolute Gasteiger partial charge is 0.462 e. The van der Waals surface area contributed by atoms with E-state index < -0.39 is 0 Å². The number of benzene rings is 1. The van der Waals surface area contributed by atoms with Gasteiger partial charge in [-0.15, -0.1) is 0 Å². The molecule has 0 bridgehead atoms. The molecule has 102 valence electrons.